The Morgan fingerprint density at radius 2 is 1.68 bits per heavy atom. The first-order valence-corrected chi connectivity index (χ1v) is 9.20. The lowest BCUT2D eigenvalue weighted by atomic mass is 9.82. The largest absolute Gasteiger partial charge is 0.497 e. The highest BCUT2D eigenvalue weighted by atomic mass is 16.5. The van der Waals surface area contributed by atoms with Crippen molar-refractivity contribution in [2.24, 2.45) is 0 Å². The van der Waals surface area contributed by atoms with Crippen LogP contribution in [-0.2, 0) is 4.74 Å². The summed E-state index contributed by atoms with van der Waals surface area (Å²) < 4.78 is 11.7. The Morgan fingerprint density at radius 3 is 2.32 bits per heavy atom. The predicted molar refractivity (Wildman–Crippen MR) is 107 cm³/mol. The minimum atomic E-state index is -0.156. The van der Waals surface area contributed by atoms with Crippen molar-refractivity contribution in [2.75, 3.05) is 7.11 Å². The number of benzene rings is 2. The summed E-state index contributed by atoms with van der Waals surface area (Å²) >= 11 is 0. The van der Waals surface area contributed by atoms with E-state index in [1.807, 2.05) is 66.7 Å². The number of rotatable bonds is 4. The third-order valence-corrected chi connectivity index (χ3v) is 5.06. The van der Waals surface area contributed by atoms with E-state index in [-0.39, 0.29) is 12.0 Å². The number of pyridine rings is 1. The molecule has 1 aliphatic rings. The van der Waals surface area contributed by atoms with E-state index in [2.05, 4.69) is 11.1 Å². The number of hydrogen-bond donors (Lipinski definition) is 0. The maximum atomic E-state index is 9.96. The van der Waals surface area contributed by atoms with Crippen molar-refractivity contribution in [1.82, 2.24) is 4.98 Å². The molecule has 1 aliphatic heterocycles. The van der Waals surface area contributed by atoms with Crippen LogP contribution >= 0.6 is 0 Å². The summed E-state index contributed by atoms with van der Waals surface area (Å²) in [5, 5.41) is 9.96. The molecule has 2 heterocycles. The number of nitrogens with zero attached hydrogens (tertiary/aromatic N) is 2. The Morgan fingerprint density at radius 1 is 0.964 bits per heavy atom. The van der Waals surface area contributed by atoms with Crippen molar-refractivity contribution < 1.29 is 9.47 Å². The van der Waals surface area contributed by atoms with E-state index >= 15 is 0 Å². The summed E-state index contributed by atoms with van der Waals surface area (Å²) in [6, 6.07) is 24.1. The third-order valence-electron chi connectivity index (χ3n) is 5.06. The van der Waals surface area contributed by atoms with E-state index < -0.39 is 0 Å². The molecule has 3 aromatic rings. The molecule has 0 aliphatic carbocycles. The van der Waals surface area contributed by atoms with Crippen LogP contribution in [0.4, 0.5) is 0 Å². The fourth-order valence-corrected chi connectivity index (χ4v) is 3.61. The van der Waals surface area contributed by atoms with Crippen LogP contribution in [0.2, 0.25) is 0 Å². The van der Waals surface area contributed by atoms with Gasteiger partial charge in [-0.3, -0.25) is 4.98 Å². The first-order valence-electron chi connectivity index (χ1n) is 9.20. The maximum absolute atomic E-state index is 9.96. The Hall–Kier alpha value is -3.58. The van der Waals surface area contributed by atoms with E-state index in [9.17, 15) is 5.26 Å². The quantitative estimate of drug-likeness (QED) is 0.629. The van der Waals surface area contributed by atoms with Gasteiger partial charge in [0.2, 0.25) is 0 Å². The zero-order valence-corrected chi connectivity index (χ0v) is 15.6. The number of nitriles is 1. The molecule has 138 valence electrons. The summed E-state index contributed by atoms with van der Waals surface area (Å²) in [5.74, 6) is 1.41. The number of hydrogen-bond acceptors (Lipinski definition) is 4. The number of methoxy groups -OCH3 is 1. The van der Waals surface area contributed by atoms with Crippen LogP contribution in [-0.4, -0.2) is 12.1 Å². The summed E-state index contributed by atoms with van der Waals surface area (Å²) in [6.45, 7) is 0. The third kappa shape index (κ3) is 3.47. The molecule has 0 bridgehead atoms. The van der Waals surface area contributed by atoms with Crippen molar-refractivity contribution in [3.05, 3.63) is 101 Å². The molecule has 2 atom stereocenters. The van der Waals surface area contributed by atoms with Gasteiger partial charge in [-0.05, 0) is 35.4 Å². The highest BCUT2D eigenvalue weighted by Gasteiger charge is 2.33. The number of ether oxygens (including phenoxy) is 2. The molecule has 0 fully saturated rings. The van der Waals surface area contributed by atoms with E-state index in [0.717, 1.165) is 22.4 Å². The molecule has 4 rings (SSSR count). The lowest BCUT2D eigenvalue weighted by Gasteiger charge is -2.32. The number of allylic oxidation sites excluding steroid dienone is 1. The fraction of sp³-hybridized carbons (Fsp3) is 0.167. The predicted octanol–water partition coefficient (Wildman–Crippen LogP) is 5.27. The molecule has 4 heteroatoms. The molecule has 0 spiro atoms. The van der Waals surface area contributed by atoms with E-state index in [1.54, 1.807) is 19.5 Å². The van der Waals surface area contributed by atoms with Crippen LogP contribution in [0.5, 0.6) is 5.75 Å². The van der Waals surface area contributed by atoms with Gasteiger partial charge in [0, 0.05) is 30.3 Å². The molecular formula is C24H20N2O2. The van der Waals surface area contributed by atoms with Gasteiger partial charge in [0.1, 0.15) is 17.6 Å². The van der Waals surface area contributed by atoms with Crippen molar-refractivity contribution in [1.29, 1.82) is 5.26 Å². The molecule has 1 aromatic heterocycles. The molecule has 0 saturated heterocycles. The van der Waals surface area contributed by atoms with Crippen molar-refractivity contribution in [3.63, 3.8) is 0 Å². The molecule has 0 unspecified atom stereocenters. The van der Waals surface area contributed by atoms with Crippen LogP contribution in [0.25, 0.3) is 5.76 Å². The van der Waals surface area contributed by atoms with Crippen LogP contribution in [0.3, 0.4) is 0 Å². The van der Waals surface area contributed by atoms with Gasteiger partial charge in [-0.15, -0.1) is 0 Å². The van der Waals surface area contributed by atoms with Gasteiger partial charge < -0.3 is 9.47 Å². The van der Waals surface area contributed by atoms with E-state index in [4.69, 9.17) is 9.47 Å². The normalized spacial score (nSPS) is 18.9. The van der Waals surface area contributed by atoms with E-state index in [1.165, 1.54) is 0 Å². The fourth-order valence-electron chi connectivity index (χ4n) is 3.61. The summed E-state index contributed by atoms with van der Waals surface area (Å²) in [4.78, 5) is 4.12. The van der Waals surface area contributed by atoms with Crippen molar-refractivity contribution in [2.45, 2.75) is 18.4 Å². The first kappa shape index (κ1) is 17.8. The summed E-state index contributed by atoms with van der Waals surface area (Å²) in [5.41, 5.74) is 3.70. The second-order valence-electron chi connectivity index (χ2n) is 6.67. The highest BCUT2D eigenvalue weighted by molar-refractivity contribution is 5.70. The zero-order valence-electron chi connectivity index (χ0n) is 15.6. The van der Waals surface area contributed by atoms with E-state index in [0.29, 0.717) is 17.8 Å². The van der Waals surface area contributed by atoms with Crippen molar-refractivity contribution >= 4 is 5.76 Å². The van der Waals surface area contributed by atoms with Crippen LogP contribution < -0.4 is 4.74 Å². The minimum Gasteiger partial charge on any atom is -0.497 e. The average Bonchev–Trinajstić information content (AvgIpc) is 2.79. The molecule has 28 heavy (non-hydrogen) atoms. The van der Waals surface area contributed by atoms with Gasteiger partial charge >= 0.3 is 0 Å². The molecule has 0 radical (unpaired) electrons. The van der Waals surface area contributed by atoms with Crippen LogP contribution in [0, 0.1) is 11.3 Å². The smallest absolute Gasteiger partial charge is 0.141 e. The highest BCUT2D eigenvalue weighted by Crippen LogP contribution is 2.45. The molecule has 0 amide bonds. The zero-order chi connectivity index (χ0) is 19.3. The minimum absolute atomic E-state index is 0.0518. The Balaban J connectivity index is 1.80. The summed E-state index contributed by atoms with van der Waals surface area (Å²) in [7, 11) is 1.65. The molecular weight excluding hydrogens is 348 g/mol. The molecule has 2 aromatic carbocycles. The molecule has 4 nitrogen and oxygen atoms in total. The van der Waals surface area contributed by atoms with Gasteiger partial charge in [-0.1, -0.05) is 42.5 Å². The standard InChI is InChI=1S/C24H20N2O2/c1-27-20-9-7-18(8-10-20)23-15-21(17-11-13-26-14-12-17)22(16-25)24(28-23)19-5-3-2-4-6-19/h2-14,21,23H,15H2,1H3/t21-,23+/m0/s1. The van der Waals surface area contributed by atoms with Gasteiger partial charge in [0.05, 0.1) is 18.8 Å². The molecule has 0 N–H and O–H groups in total. The van der Waals surface area contributed by atoms with Gasteiger partial charge in [-0.25, -0.2) is 0 Å². The SMILES string of the molecule is COc1ccc([C@H]2C[C@@H](c3ccncc3)C(C#N)=C(c3ccccc3)O2)cc1. The lowest BCUT2D eigenvalue weighted by molar-refractivity contribution is 0.138. The summed E-state index contributed by atoms with van der Waals surface area (Å²) in [6.07, 6.45) is 4.07. The van der Waals surface area contributed by atoms with Crippen LogP contribution in [0.1, 0.15) is 35.1 Å². The van der Waals surface area contributed by atoms with Gasteiger partial charge in [0.15, 0.2) is 0 Å². The van der Waals surface area contributed by atoms with Crippen molar-refractivity contribution in [3.8, 4) is 11.8 Å². The second-order valence-corrected chi connectivity index (χ2v) is 6.67. The monoisotopic (exact) mass is 368 g/mol. The first-order chi connectivity index (χ1) is 13.8. The Kier molecular flexibility index (Phi) is 5.07. The van der Waals surface area contributed by atoms with Crippen LogP contribution in [0.15, 0.2) is 84.7 Å². The number of aromatic nitrogens is 1. The Labute approximate surface area is 164 Å². The topological polar surface area (TPSA) is 55.1 Å². The lowest BCUT2D eigenvalue weighted by Crippen LogP contribution is -2.19. The van der Waals surface area contributed by atoms with Gasteiger partial charge in [0.25, 0.3) is 0 Å². The van der Waals surface area contributed by atoms with Gasteiger partial charge in [-0.2, -0.15) is 5.26 Å². The maximum Gasteiger partial charge on any atom is 0.141 e. The molecule has 0 saturated carbocycles. The Bertz CT molecular complexity index is 1010. The average molecular weight is 368 g/mol. The second kappa shape index (κ2) is 7.98.